The van der Waals surface area contributed by atoms with Crippen LogP contribution in [0.5, 0.6) is 0 Å². The first-order valence-electron chi connectivity index (χ1n) is 12.2. The molecule has 0 amide bonds. The van der Waals surface area contributed by atoms with Crippen molar-refractivity contribution in [1.82, 2.24) is 0 Å². The highest BCUT2D eigenvalue weighted by Gasteiger charge is 2.14. The average Bonchev–Trinajstić information content (AvgIpc) is 2.93. The molecule has 0 aliphatic rings. The molecule has 0 atom stereocenters. The highest BCUT2D eigenvalue weighted by Crippen LogP contribution is 2.37. The zero-order valence-electron chi connectivity index (χ0n) is 19.6. The van der Waals surface area contributed by atoms with Crippen LogP contribution in [0, 0.1) is 0 Å². The summed E-state index contributed by atoms with van der Waals surface area (Å²) in [4.78, 5) is 2.36. The molecular formula is C34H27N. The minimum Gasteiger partial charge on any atom is -0.310 e. The smallest absolute Gasteiger partial charge is 0.0468 e. The maximum Gasteiger partial charge on any atom is 0.0468 e. The third-order valence-corrected chi connectivity index (χ3v) is 6.72. The Morgan fingerprint density at radius 2 is 0.771 bits per heavy atom. The second kappa shape index (κ2) is 9.48. The van der Waals surface area contributed by atoms with Crippen molar-refractivity contribution in [3.05, 3.63) is 151 Å². The Balaban J connectivity index is 1.38. The molecule has 6 aromatic rings. The molecule has 0 bridgehead atoms. The first-order valence-corrected chi connectivity index (χ1v) is 12.2. The lowest BCUT2D eigenvalue weighted by Crippen LogP contribution is -2.10. The molecule has 35 heavy (non-hydrogen) atoms. The van der Waals surface area contributed by atoms with E-state index in [4.69, 9.17) is 0 Å². The Kier molecular flexibility index (Phi) is 5.74. The van der Waals surface area contributed by atoms with Gasteiger partial charge in [-0.05, 0) is 81.9 Å². The van der Waals surface area contributed by atoms with Gasteiger partial charge in [0.1, 0.15) is 0 Å². The van der Waals surface area contributed by atoms with Crippen LogP contribution in [0.25, 0.3) is 21.5 Å². The molecule has 0 saturated heterocycles. The number of nitrogens with zero attached hydrogens (tertiary/aromatic N) is 1. The fourth-order valence-electron chi connectivity index (χ4n) is 4.82. The molecule has 6 rings (SSSR count). The van der Waals surface area contributed by atoms with Crippen LogP contribution < -0.4 is 4.90 Å². The summed E-state index contributed by atoms with van der Waals surface area (Å²) >= 11 is 0. The lowest BCUT2D eigenvalue weighted by molar-refractivity contribution is 0.960. The molecule has 0 spiro atoms. The Morgan fingerprint density at radius 3 is 1.31 bits per heavy atom. The van der Waals surface area contributed by atoms with Gasteiger partial charge in [-0.2, -0.15) is 0 Å². The molecular weight excluding hydrogens is 422 g/mol. The van der Waals surface area contributed by atoms with E-state index in [0.717, 1.165) is 24.2 Å². The summed E-state index contributed by atoms with van der Waals surface area (Å²) in [7, 11) is 0. The highest BCUT2D eigenvalue weighted by molar-refractivity contribution is 5.92. The van der Waals surface area contributed by atoms with Crippen LogP contribution in [0.3, 0.4) is 0 Å². The number of rotatable bonds is 6. The van der Waals surface area contributed by atoms with Gasteiger partial charge in [-0.3, -0.25) is 0 Å². The van der Waals surface area contributed by atoms with Crippen LogP contribution in [0.1, 0.15) is 11.1 Å². The molecule has 0 saturated carbocycles. The monoisotopic (exact) mass is 449 g/mol. The molecule has 0 fully saturated rings. The number of aryl methyl sites for hydroxylation is 2. The van der Waals surface area contributed by atoms with Gasteiger partial charge in [0.05, 0.1) is 0 Å². The first-order chi connectivity index (χ1) is 17.3. The predicted octanol–water partition coefficient (Wildman–Crippen LogP) is 9.25. The molecule has 1 nitrogen and oxygen atoms in total. The lowest BCUT2D eigenvalue weighted by Gasteiger charge is -2.26. The third kappa shape index (κ3) is 4.54. The normalized spacial score (nSPS) is 11.1. The van der Waals surface area contributed by atoms with Crippen molar-refractivity contribution in [2.24, 2.45) is 0 Å². The molecule has 6 aromatic carbocycles. The standard InChI is InChI=1S/C34H27N/c1-2-8-26(9-3-1)14-15-27-16-20-32(21-17-27)35(33-22-18-28-10-4-6-12-30(28)24-33)34-23-19-29-11-5-7-13-31(29)25-34/h1-13,16-25H,14-15H2. The SMILES string of the molecule is c1ccc(CCc2ccc(N(c3ccc4ccccc4c3)c3ccc4ccccc4c3)cc2)cc1. The van der Waals surface area contributed by atoms with Gasteiger partial charge >= 0.3 is 0 Å². The van der Waals surface area contributed by atoms with E-state index in [2.05, 4.69) is 144 Å². The third-order valence-electron chi connectivity index (χ3n) is 6.72. The van der Waals surface area contributed by atoms with Crippen molar-refractivity contribution in [2.45, 2.75) is 12.8 Å². The molecule has 0 heterocycles. The van der Waals surface area contributed by atoms with E-state index < -0.39 is 0 Å². The largest absolute Gasteiger partial charge is 0.310 e. The summed E-state index contributed by atoms with van der Waals surface area (Å²) in [5.41, 5.74) is 6.23. The lowest BCUT2D eigenvalue weighted by atomic mass is 10.0. The molecule has 0 radical (unpaired) electrons. The number of hydrogen-bond donors (Lipinski definition) is 0. The molecule has 0 N–H and O–H groups in total. The number of fused-ring (bicyclic) bond motifs is 2. The van der Waals surface area contributed by atoms with Crippen LogP contribution in [0.2, 0.25) is 0 Å². The quantitative estimate of drug-likeness (QED) is 0.245. The van der Waals surface area contributed by atoms with Crippen molar-refractivity contribution in [3.63, 3.8) is 0 Å². The van der Waals surface area contributed by atoms with Gasteiger partial charge in [-0.1, -0.05) is 103 Å². The van der Waals surface area contributed by atoms with Gasteiger partial charge in [0, 0.05) is 17.1 Å². The molecule has 0 unspecified atom stereocenters. The van der Waals surface area contributed by atoms with Crippen molar-refractivity contribution < 1.29 is 0 Å². The molecule has 0 aromatic heterocycles. The zero-order chi connectivity index (χ0) is 23.5. The minimum atomic E-state index is 1.04. The van der Waals surface area contributed by atoms with Gasteiger partial charge in [0.25, 0.3) is 0 Å². The van der Waals surface area contributed by atoms with Crippen LogP contribution >= 0.6 is 0 Å². The van der Waals surface area contributed by atoms with Crippen LogP contribution in [0.15, 0.2) is 140 Å². The van der Waals surface area contributed by atoms with Gasteiger partial charge in [-0.15, -0.1) is 0 Å². The number of hydrogen-bond acceptors (Lipinski definition) is 1. The summed E-state index contributed by atoms with van der Waals surface area (Å²) < 4.78 is 0. The van der Waals surface area contributed by atoms with E-state index in [1.54, 1.807) is 0 Å². The van der Waals surface area contributed by atoms with Crippen molar-refractivity contribution >= 4 is 38.6 Å². The number of anilines is 3. The van der Waals surface area contributed by atoms with Crippen LogP contribution in [-0.4, -0.2) is 0 Å². The van der Waals surface area contributed by atoms with Crippen molar-refractivity contribution in [2.75, 3.05) is 4.90 Å². The second-order valence-corrected chi connectivity index (χ2v) is 9.05. The summed E-state index contributed by atoms with van der Waals surface area (Å²) in [6, 6.07) is 50.3. The molecule has 0 aliphatic heterocycles. The Morgan fingerprint density at radius 1 is 0.343 bits per heavy atom. The molecule has 168 valence electrons. The van der Waals surface area contributed by atoms with E-state index in [1.807, 2.05) is 0 Å². The first kappa shape index (κ1) is 21.2. The Bertz CT molecular complexity index is 1500. The Hall–Kier alpha value is -4.36. The molecule has 1 heteroatoms. The zero-order valence-corrected chi connectivity index (χ0v) is 19.6. The maximum atomic E-state index is 2.36. The van der Waals surface area contributed by atoms with Gasteiger partial charge in [0.2, 0.25) is 0 Å². The van der Waals surface area contributed by atoms with Crippen LogP contribution in [-0.2, 0) is 12.8 Å². The topological polar surface area (TPSA) is 3.24 Å². The summed E-state index contributed by atoms with van der Waals surface area (Å²) in [5.74, 6) is 0. The summed E-state index contributed by atoms with van der Waals surface area (Å²) in [5, 5.41) is 5.00. The Labute approximate surface area is 206 Å². The molecule has 0 aliphatic carbocycles. The minimum absolute atomic E-state index is 1.04. The summed E-state index contributed by atoms with van der Waals surface area (Å²) in [6.45, 7) is 0. The fourth-order valence-corrected chi connectivity index (χ4v) is 4.82. The fraction of sp³-hybridized carbons (Fsp3) is 0.0588. The summed E-state index contributed by atoms with van der Waals surface area (Å²) in [6.07, 6.45) is 2.09. The second-order valence-electron chi connectivity index (χ2n) is 9.05. The van der Waals surface area contributed by atoms with Crippen molar-refractivity contribution in [1.29, 1.82) is 0 Å². The predicted molar refractivity (Wildman–Crippen MR) is 150 cm³/mol. The van der Waals surface area contributed by atoms with Crippen molar-refractivity contribution in [3.8, 4) is 0 Å². The van der Waals surface area contributed by atoms with Gasteiger partial charge < -0.3 is 4.90 Å². The average molecular weight is 450 g/mol. The van der Waals surface area contributed by atoms with E-state index in [-0.39, 0.29) is 0 Å². The van der Waals surface area contributed by atoms with Gasteiger partial charge in [-0.25, -0.2) is 0 Å². The van der Waals surface area contributed by atoms with E-state index in [9.17, 15) is 0 Å². The highest BCUT2D eigenvalue weighted by atomic mass is 15.1. The van der Waals surface area contributed by atoms with Crippen LogP contribution in [0.4, 0.5) is 17.1 Å². The van der Waals surface area contributed by atoms with E-state index in [0.29, 0.717) is 0 Å². The van der Waals surface area contributed by atoms with Gasteiger partial charge in [0.15, 0.2) is 0 Å². The number of benzene rings is 6. The van der Waals surface area contributed by atoms with E-state index >= 15 is 0 Å². The maximum absolute atomic E-state index is 2.36. The van der Waals surface area contributed by atoms with E-state index in [1.165, 1.54) is 38.4 Å².